The summed E-state index contributed by atoms with van der Waals surface area (Å²) in [6.07, 6.45) is 3.85. The topological polar surface area (TPSA) is 68.5 Å². The quantitative estimate of drug-likeness (QED) is 0.735. The molecule has 20 heavy (non-hydrogen) atoms. The lowest BCUT2D eigenvalue weighted by molar-refractivity contribution is 0.0285. The van der Waals surface area contributed by atoms with Crippen LogP contribution in [-0.4, -0.2) is 39.8 Å². The molecule has 0 unspecified atom stereocenters. The van der Waals surface area contributed by atoms with Crippen molar-refractivity contribution in [2.75, 3.05) is 13.1 Å². The predicted octanol–water partition coefficient (Wildman–Crippen LogP) is 2.05. The molecule has 108 valence electrons. The fraction of sp³-hybridized carbons (Fsp3) is 0.643. The van der Waals surface area contributed by atoms with Gasteiger partial charge in [0, 0.05) is 19.0 Å². The van der Waals surface area contributed by atoms with E-state index in [9.17, 15) is 4.79 Å². The highest BCUT2D eigenvalue weighted by Gasteiger charge is 2.55. The number of carbonyl (C=O) groups is 1. The van der Waals surface area contributed by atoms with Gasteiger partial charge in [0.25, 0.3) is 0 Å². The van der Waals surface area contributed by atoms with E-state index in [4.69, 9.17) is 9.26 Å². The van der Waals surface area contributed by atoms with Gasteiger partial charge >= 0.3 is 6.09 Å². The number of amides is 1. The number of aromatic nitrogens is 2. The summed E-state index contributed by atoms with van der Waals surface area (Å²) in [5.74, 6) is 1.44. The number of likely N-dealkylation sites (tertiary alicyclic amines) is 1. The van der Waals surface area contributed by atoms with Crippen molar-refractivity contribution in [1.29, 1.82) is 0 Å². The van der Waals surface area contributed by atoms with E-state index in [1.165, 1.54) is 0 Å². The van der Waals surface area contributed by atoms with Crippen LogP contribution in [0, 0.1) is 12.8 Å². The Morgan fingerprint density at radius 2 is 2.30 bits per heavy atom. The molecule has 3 rings (SSSR count). The first kappa shape index (κ1) is 13.1. The van der Waals surface area contributed by atoms with Gasteiger partial charge in [-0.1, -0.05) is 17.3 Å². The van der Waals surface area contributed by atoms with Gasteiger partial charge in [-0.05, 0) is 27.7 Å². The lowest BCUT2D eigenvalue weighted by Gasteiger charge is -2.32. The van der Waals surface area contributed by atoms with Crippen molar-refractivity contribution in [2.45, 2.75) is 38.7 Å². The van der Waals surface area contributed by atoms with E-state index in [0.717, 1.165) is 0 Å². The largest absolute Gasteiger partial charge is 0.444 e. The summed E-state index contributed by atoms with van der Waals surface area (Å²) in [5, 5.41) is 3.85. The Morgan fingerprint density at radius 3 is 2.80 bits per heavy atom. The summed E-state index contributed by atoms with van der Waals surface area (Å²) in [5.41, 5.74) is -0.807. The molecule has 6 heteroatoms. The zero-order valence-electron chi connectivity index (χ0n) is 12.2. The van der Waals surface area contributed by atoms with E-state index in [1.54, 1.807) is 11.8 Å². The molecule has 0 aromatic carbocycles. The molecule has 0 spiro atoms. The molecule has 1 saturated heterocycles. The molecule has 1 aromatic heterocycles. The summed E-state index contributed by atoms with van der Waals surface area (Å²) >= 11 is 0. The van der Waals surface area contributed by atoms with Gasteiger partial charge in [-0.25, -0.2) is 4.79 Å². The van der Waals surface area contributed by atoms with E-state index in [1.807, 2.05) is 20.8 Å². The van der Waals surface area contributed by atoms with Crippen molar-refractivity contribution in [3.8, 4) is 0 Å². The van der Waals surface area contributed by atoms with Gasteiger partial charge in [-0.2, -0.15) is 4.98 Å². The normalized spacial score (nSPS) is 28.2. The molecule has 1 aliphatic carbocycles. The van der Waals surface area contributed by atoms with Crippen molar-refractivity contribution in [2.24, 2.45) is 5.92 Å². The molecule has 0 N–H and O–H groups in total. The predicted molar refractivity (Wildman–Crippen MR) is 71.2 cm³/mol. The number of nitrogens with zero attached hydrogens (tertiary/aromatic N) is 3. The first-order valence-corrected chi connectivity index (χ1v) is 6.78. The van der Waals surface area contributed by atoms with E-state index in [0.29, 0.717) is 24.8 Å². The van der Waals surface area contributed by atoms with Crippen LogP contribution in [0.25, 0.3) is 0 Å². The number of carbonyl (C=O) groups excluding carboxylic acids is 1. The van der Waals surface area contributed by atoms with Crippen LogP contribution >= 0.6 is 0 Å². The number of aryl methyl sites for hydroxylation is 1. The van der Waals surface area contributed by atoms with Gasteiger partial charge in [0.1, 0.15) is 5.60 Å². The third-order valence-electron chi connectivity index (χ3n) is 3.73. The fourth-order valence-electron chi connectivity index (χ4n) is 2.73. The highest BCUT2D eigenvalue weighted by Crippen LogP contribution is 2.47. The lowest BCUT2D eigenvalue weighted by Crippen LogP contribution is -2.40. The smallest absolute Gasteiger partial charge is 0.410 e. The van der Waals surface area contributed by atoms with Crippen LogP contribution in [0.15, 0.2) is 16.7 Å². The first-order valence-electron chi connectivity index (χ1n) is 6.78. The van der Waals surface area contributed by atoms with Crippen LogP contribution in [0.3, 0.4) is 0 Å². The van der Waals surface area contributed by atoms with Crippen LogP contribution in [0.4, 0.5) is 4.79 Å². The Hall–Kier alpha value is -1.85. The Balaban J connectivity index is 1.78. The zero-order chi connectivity index (χ0) is 14.5. The SMILES string of the molecule is Cc1noc([C@]23C=C[C@H]2CN(C(=O)OC(C)(C)C)C3)n1. The number of hydrogen-bond acceptors (Lipinski definition) is 5. The second kappa shape index (κ2) is 4.07. The van der Waals surface area contributed by atoms with Crippen LogP contribution < -0.4 is 0 Å². The maximum atomic E-state index is 12.2. The monoisotopic (exact) mass is 277 g/mol. The van der Waals surface area contributed by atoms with Crippen LogP contribution in [0.2, 0.25) is 0 Å². The standard InChI is InChI=1S/C14H19N3O3/c1-9-15-11(20-16-9)14-6-5-10(14)7-17(8-14)12(18)19-13(2,3)4/h5-6,10H,7-8H2,1-4H3/t10-,14-/m0/s1. The summed E-state index contributed by atoms with van der Waals surface area (Å²) in [6.45, 7) is 8.56. The second-order valence-electron chi connectivity index (χ2n) is 6.51. The van der Waals surface area contributed by atoms with Gasteiger partial charge in [-0.15, -0.1) is 0 Å². The van der Waals surface area contributed by atoms with Crippen LogP contribution in [0.5, 0.6) is 0 Å². The minimum absolute atomic E-state index is 0.231. The number of ether oxygens (including phenoxy) is 1. The van der Waals surface area contributed by atoms with Crippen molar-refractivity contribution in [3.05, 3.63) is 23.9 Å². The maximum Gasteiger partial charge on any atom is 0.410 e. The molecule has 0 radical (unpaired) electrons. The van der Waals surface area contributed by atoms with E-state index < -0.39 is 5.60 Å². The molecule has 1 amide bonds. The summed E-state index contributed by atoms with van der Waals surface area (Å²) in [7, 11) is 0. The van der Waals surface area contributed by atoms with Crippen molar-refractivity contribution >= 4 is 6.09 Å². The molecule has 0 saturated carbocycles. The molecule has 6 nitrogen and oxygen atoms in total. The molecule has 1 aromatic rings. The minimum atomic E-state index is -0.486. The molecule has 2 aliphatic rings. The zero-order valence-corrected chi connectivity index (χ0v) is 12.2. The highest BCUT2D eigenvalue weighted by atomic mass is 16.6. The van der Waals surface area contributed by atoms with E-state index >= 15 is 0 Å². The van der Waals surface area contributed by atoms with E-state index in [-0.39, 0.29) is 17.4 Å². The number of rotatable bonds is 1. The molecular weight excluding hydrogens is 258 g/mol. The molecule has 1 aliphatic heterocycles. The van der Waals surface area contributed by atoms with Crippen LogP contribution in [-0.2, 0) is 10.2 Å². The average molecular weight is 277 g/mol. The molecule has 2 atom stereocenters. The number of fused-ring (bicyclic) bond motifs is 1. The summed E-state index contributed by atoms with van der Waals surface area (Å²) in [6, 6.07) is 0. The Kier molecular flexibility index (Phi) is 2.68. The maximum absolute atomic E-state index is 12.2. The highest BCUT2D eigenvalue weighted by molar-refractivity contribution is 5.69. The van der Waals surface area contributed by atoms with Gasteiger partial charge in [-0.3, -0.25) is 0 Å². The van der Waals surface area contributed by atoms with Crippen molar-refractivity contribution in [3.63, 3.8) is 0 Å². The van der Waals surface area contributed by atoms with Crippen molar-refractivity contribution < 1.29 is 14.1 Å². The van der Waals surface area contributed by atoms with E-state index in [2.05, 4.69) is 22.3 Å². The van der Waals surface area contributed by atoms with Crippen LogP contribution in [0.1, 0.15) is 32.5 Å². The number of hydrogen-bond donors (Lipinski definition) is 0. The third-order valence-corrected chi connectivity index (χ3v) is 3.73. The first-order chi connectivity index (χ1) is 9.30. The lowest BCUT2D eigenvalue weighted by atomic mass is 9.69. The van der Waals surface area contributed by atoms with Gasteiger partial charge in [0.05, 0.1) is 5.41 Å². The van der Waals surface area contributed by atoms with Crippen molar-refractivity contribution in [1.82, 2.24) is 15.0 Å². The van der Waals surface area contributed by atoms with Gasteiger partial charge < -0.3 is 14.2 Å². The minimum Gasteiger partial charge on any atom is -0.444 e. The van der Waals surface area contributed by atoms with Gasteiger partial charge in [0.2, 0.25) is 5.89 Å². The second-order valence-corrected chi connectivity index (χ2v) is 6.51. The molecule has 1 fully saturated rings. The molecule has 0 bridgehead atoms. The molecule has 2 heterocycles. The van der Waals surface area contributed by atoms with Gasteiger partial charge in [0.15, 0.2) is 5.82 Å². The average Bonchev–Trinajstić information content (AvgIpc) is 2.81. The summed E-state index contributed by atoms with van der Waals surface area (Å²) in [4.78, 5) is 18.2. The Morgan fingerprint density at radius 1 is 1.55 bits per heavy atom. The Labute approximate surface area is 117 Å². The Bertz CT molecular complexity index is 572. The fourth-order valence-corrected chi connectivity index (χ4v) is 2.73. The third kappa shape index (κ3) is 1.99. The molecular formula is C14H19N3O3. The summed E-state index contributed by atoms with van der Waals surface area (Å²) < 4.78 is 10.7.